The van der Waals surface area contributed by atoms with Crippen molar-refractivity contribution in [3.63, 3.8) is 0 Å². The first-order chi connectivity index (χ1) is 7.92. The smallest absolute Gasteiger partial charge is 0.116 e. The minimum absolute atomic E-state index is 0.0269. The van der Waals surface area contributed by atoms with Crippen LogP contribution in [0.15, 0.2) is 24.4 Å². The van der Waals surface area contributed by atoms with Crippen LogP contribution in [0.2, 0.25) is 0 Å². The van der Waals surface area contributed by atoms with Gasteiger partial charge in [-0.2, -0.15) is 12.6 Å². The van der Waals surface area contributed by atoms with E-state index in [0.29, 0.717) is 12.0 Å². The molecular weight excluding hydrogens is 220 g/mol. The molecule has 0 aromatic carbocycles. The van der Waals surface area contributed by atoms with E-state index in [9.17, 15) is 0 Å². The molecule has 0 amide bonds. The molecule has 0 saturated carbocycles. The van der Waals surface area contributed by atoms with Crippen LogP contribution < -0.4 is 5.32 Å². The average Bonchev–Trinajstić information content (AvgIpc) is 2.38. The van der Waals surface area contributed by atoms with E-state index >= 15 is 0 Å². The van der Waals surface area contributed by atoms with Crippen LogP contribution in [-0.2, 0) is 4.74 Å². The third-order valence-electron chi connectivity index (χ3n) is 2.95. The van der Waals surface area contributed by atoms with Crippen molar-refractivity contribution in [1.82, 2.24) is 10.3 Å². The maximum Gasteiger partial charge on any atom is 0.116 e. The molecule has 0 radical (unpaired) electrons. The molecular formula is C12H18N2OS. The lowest BCUT2D eigenvalue weighted by atomic mass is 9.97. The van der Waals surface area contributed by atoms with Gasteiger partial charge in [-0.05, 0) is 31.5 Å². The van der Waals surface area contributed by atoms with Gasteiger partial charge in [0.2, 0.25) is 0 Å². The molecule has 3 nitrogen and oxygen atoms in total. The number of hydrogen-bond donors (Lipinski definition) is 2. The second-order valence-electron chi connectivity index (χ2n) is 4.03. The van der Waals surface area contributed by atoms with Gasteiger partial charge in [-0.25, -0.2) is 0 Å². The lowest BCUT2D eigenvalue weighted by Crippen LogP contribution is -2.40. The van der Waals surface area contributed by atoms with E-state index in [1.807, 2.05) is 24.4 Å². The van der Waals surface area contributed by atoms with Crippen LogP contribution in [-0.4, -0.2) is 23.5 Å². The molecule has 16 heavy (non-hydrogen) atoms. The summed E-state index contributed by atoms with van der Waals surface area (Å²) in [6, 6.07) is 6.32. The van der Waals surface area contributed by atoms with Crippen molar-refractivity contribution >= 4 is 12.6 Å². The van der Waals surface area contributed by atoms with E-state index in [0.717, 1.165) is 18.7 Å². The SMILES string of the molecule is SCOC(c1ccccn1)C1CCCCN1. The van der Waals surface area contributed by atoms with Gasteiger partial charge in [0, 0.05) is 12.2 Å². The van der Waals surface area contributed by atoms with E-state index in [2.05, 4.69) is 22.9 Å². The fourth-order valence-electron chi connectivity index (χ4n) is 2.17. The first-order valence-corrected chi connectivity index (χ1v) is 6.42. The molecule has 1 aliphatic heterocycles. The molecule has 2 atom stereocenters. The molecule has 0 spiro atoms. The highest BCUT2D eigenvalue weighted by atomic mass is 32.1. The standard InChI is InChI=1S/C12H18N2OS/c16-9-15-12(10-5-1-3-7-13-10)11-6-2-4-8-14-11/h1,3,5,7,11-12,14,16H,2,4,6,8-9H2. The number of pyridine rings is 1. The van der Waals surface area contributed by atoms with Crippen molar-refractivity contribution in [3.8, 4) is 0 Å². The van der Waals surface area contributed by atoms with Gasteiger partial charge in [-0.15, -0.1) is 0 Å². The minimum atomic E-state index is 0.0269. The van der Waals surface area contributed by atoms with Crippen molar-refractivity contribution in [1.29, 1.82) is 0 Å². The highest BCUT2D eigenvalue weighted by molar-refractivity contribution is 7.80. The molecule has 0 aliphatic carbocycles. The van der Waals surface area contributed by atoms with Gasteiger partial charge in [0.25, 0.3) is 0 Å². The normalized spacial score (nSPS) is 22.9. The van der Waals surface area contributed by atoms with E-state index in [-0.39, 0.29) is 6.10 Å². The number of nitrogens with zero attached hydrogens (tertiary/aromatic N) is 1. The summed E-state index contributed by atoms with van der Waals surface area (Å²) in [4.78, 5) is 4.37. The zero-order valence-electron chi connectivity index (χ0n) is 9.30. The Balaban J connectivity index is 2.09. The third-order valence-corrected chi connectivity index (χ3v) is 3.10. The van der Waals surface area contributed by atoms with Crippen LogP contribution >= 0.6 is 12.6 Å². The van der Waals surface area contributed by atoms with Crippen LogP contribution in [0.5, 0.6) is 0 Å². The van der Waals surface area contributed by atoms with Gasteiger partial charge in [-0.3, -0.25) is 4.98 Å². The van der Waals surface area contributed by atoms with Gasteiger partial charge in [-0.1, -0.05) is 12.5 Å². The van der Waals surface area contributed by atoms with E-state index < -0.39 is 0 Å². The molecule has 1 N–H and O–H groups in total. The molecule has 2 unspecified atom stereocenters. The summed E-state index contributed by atoms with van der Waals surface area (Å²) in [6.45, 7) is 1.07. The number of ether oxygens (including phenoxy) is 1. The second kappa shape index (κ2) is 6.23. The Morgan fingerprint density at radius 2 is 2.44 bits per heavy atom. The van der Waals surface area contributed by atoms with E-state index in [1.54, 1.807) is 0 Å². The quantitative estimate of drug-likeness (QED) is 0.623. The number of piperidine rings is 1. The average molecular weight is 238 g/mol. The van der Waals surface area contributed by atoms with Crippen LogP contribution in [0.3, 0.4) is 0 Å². The number of nitrogens with one attached hydrogen (secondary N) is 1. The van der Waals surface area contributed by atoms with Gasteiger partial charge >= 0.3 is 0 Å². The highest BCUT2D eigenvalue weighted by Crippen LogP contribution is 2.25. The van der Waals surface area contributed by atoms with Gasteiger partial charge in [0.15, 0.2) is 0 Å². The fourth-order valence-corrected chi connectivity index (χ4v) is 2.33. The molecule has 88 valence electrons. The fraction of sp³-hybridized carbons (Fsp3) is 0.583. The van der Waals surface area contributed by atoms with Gasteiger partial charge < -0.3 is 10.1 Å². The van der Waals surface area contributed by atoms with Gasteiger partial charge in [0.05, 0.1) is 11.6 Å². The largest absolute Gasteiger partial charge is 0.360 e. The molecule has 1 fully saturated rings. The summed E-state index contributed by atoms with van der Waals surface area (Å²) in [5.74, 6) is 0.430. The number of hydrogen-bond acceptors (Lipinski definition) is 4. The van der Waals surface area contributed by atoms with Crippen molar-refractivity contribution in [2.24, 2.45) is 0 Å². The Hall–Kier alpha value is -0.580. The van der Waals surface area contributed by atoms with Crippen molar-refractivity contribution in [2.75, 3.05) is 12.5 Å². The maximum atomic E-state index is 5.71. The lowest BCUT2D eigenvalue weighted by molar-refractivity contribution is 0.0459. The van der Waals surface area contributed by atoms with Crippen molar-refractivity contribution in [2.45, 2.75) is 31.4 Å². The summed E-state index contributed by atoms with van der Waals surface area (Å²) >= 11 is 4.15. The highest BCUT2D eigenvalue weighted by Gasteiger charge is 2.25. The summed E-state index contributed by atoms with van der Waals surface area (Å²) in [6.07, 6.45) is 5.50. The summed E-state index contributed by atoms with van der Waals surface area (Å²) in [5.41, 5.74) is 0.996. The number of rotatable bonds is 4. The van der Waals surface area contributed by atoms with Crippen molar-refractivity contribution < 1.29 is 4.74 Å². The number of thiol groups is 1. The molecule has 1 aliphatic rings. The Kier molecular flexibility index (Phi) is 4.63. The molecule has 1 aromatic rings. The summed E-state index contributed by atoms with van der Waals surface area (Å²) in [5, 5.41) is 3.50. The van der Waals surface area contributed by atoms with E-state index in [1.165, 1.54) is 12.8 Å². The topological polar surface area (TPSA) is 34.1 Å². The van der Waals surface area contributed by atoms with Crippen LogP contribution in [0.1, 0.15) is 31.1 Å². The molecule has 2 heterocycles. The first kappa shape index (κ1) is 11.9. The Morgan fingerprint density at radius 3 is 3.06 bits per heavy atom. The van der Waals surface area contributed by atoms with Gasteiger partial charge in [0.1, 0.15) is 6.10 Å². The van der Waals surface area contributed by atoms with Crippen LogP contribution in [0.4, 0.5) is 0 Å². The minimum Gasteiger partial charge on any atom is -0.360 e. The second-order valence-corrected chi connectivity index (χ2v) is 4.29. The summed E-state index contributed by atoms with van der Waals surface area (Å²) < 4.78 is 5.71. The molecule has 0 bridgehead atoms. The predicted octanol–water partition coefficient (Wildman–Crippen LogP) is 2.17. The third kappa shape index (κ3) is 2.97. The Morgan fingerprint density at radius 1 is 1.50 bits per heavy atom. The zero-order valence-corrected chi connectivity index (χ0v) is 10.2. The predicted molar refractivity (Wildman–Crippen MR) is 67.6 cm³/mol. The monoisotopic (exact) mass is 238 g/mol. The Bertz CT molecular complexity index is 301. The molecule has 2 rings (SSSR count). The molecule has 4 heteroatoms. The van der Waals surface area contributed by atoms with Crippen LogP contribution in [0.25, 0.3) is 0 Å². The zero-order chi connectivity index (χ0) is 11.2. The van der Waals surface area contributed by atoms with Crippen molar-refractivity contribution in [3.05, 3.63) is 30.1 Å². The van der Waals surface area contributed by atoms with Crippen LogP contribution in [0, 0.1) is 0 Å². The Labute approximate surface area is 102 Å². The maximum absolute atomic E-state index is 5.71. The first-order valence-electron chi connectivity index (χ1n) is 5.78. The lowest BCUT2D eigenvalue weighted by Gasteiger charge is -2.30. The number of aromatic nitrogens is 1. The molecule has 1 saturated heterocycles. The summed E-state index contributed by atoms with van der Waals surface area (Å²) in [7, 11) is 0. The molecule has 1 aromatic heterocycles. The van der Waals surface area contributed by atoms with E-state index in [4.69, 9.17) is 4.74 Å².